The van der Waals surface area contributed by atoms with Crippen LogP contribution >= 0.6 is 0 Å². The molecule has 4 heteroatoms. The molecule has 22 heavy (non-hydrogen) atoms. The monoisotopic (exact) mass is 290 g/mol. The molecule has 0 aliphatic carbocycles. The predicted octanol–water partition coefficient (Wildman–Crippen LogP) is 3.86. The molecule has 0 atom stereocenters. The molecule has 3 aromatic rings. The molecular weight excluding hydrogens is 276 g/mol. The number of allylic oxidation sites excluding steroid dienone is 1. The van der Waals surface area contributed by atoms with Gasteiger partial charge in [0.05, 0.1) is 0 Å². The van der Waals surface area contributed by atoms with Gasteiger partial charge < -0.3 is 4.42 Å². The Morgan fingerprint density at radius 3 is 2.64 bits per heavy atom. The molecule has 0 bridgehead atoms. The lowest BCUT2D eigenvalue weighted by molar-refractivity contribution is 0.0929. The quantitative estimate of drug-likeness (QED) is 0.586. The number of nitrogens with one attached hydrogen (secondary N) is 1. The van der Waals surface area contributed by atoms with Crippen LogP contribution in [0.2, 0.25) is 0 Å². The lowest BCUT2D eigenvalue weighted by atomic mass is 10.2. The van der Waals surface area contributed by atoms with Crippen LogP contribution in [-0.2, 0) is 0 Å². The first-order valence-electron chi connectivity index (χ1n) is 6.86. The Morgan fingerprint density at radius 2 is 1.82 bits per heavy atom. The van der Waals surface area contributed by atoms with E-state index >= 15 is 0 Å². The highest BCUT2D eigenvalue weighted by Gasteiger charge is 2.10. The normalized spacial score (nSPS) is 11.5. The number of nitrogens with zero attached hydrogens (tertiary/aromatic N) is 1. The Kier molecular flexibility index (Phi) is 4.11. The van der Waals surface area contributed by atoms with Gasteiger partial charge in [0.2, 0.25) is 0 Å². The summed E-state index contributed by atoms with van der Waals surface area (Å²) in [5.41, 5.74) is 4.18. The van der Waals surface area contributed by atoms with E-state index in [0.29, 0.717) is 5.58 Å². The van der Waals surface area contributed by atoms with Gasteiger partial charge in [0, 0.05) is 11.6 Å². The van der Waals surface area contributed by atoms with Gasteiger partial charge in [-0.1, -0.05) is 54.6 Å². The van der Waals surface area contributed by atoms with Crippen molar-refractivity contribution in [3.05, 3.63) is 78.1 Å². The van der Waals surface area contributed by atoms with Crippen molar-refractivity contribution >= 4 is 29.2 Å². The molecule has 0 aliphatic heterocycles. The van der Waals surface area contributed by atoms with Gasteiger partial charge in [-0.05, 0) is 23.8 Å². The van der Waals surface area contributed by atoms with E-state index in [4.69, 9.17) is 4.42 Å². The number of fused-ring (bicyclic) bond motifs is 1. The Morgan fingerprint density at radius 1 is 1.05 bits per heavy atom. The van der Waals surface area contributed by atoms with Gasteiger partial charge in [-0.25, -0.2) is 5.43 Å². The number of para-hydroxylation sites is 1. The number of carbonyl (C=O) groups is 1. The third-order valence-corrected chi connectivity index (χ3v) is 3.06. The first-order valence-corrected chi connectivity index (χ1v) is 6.86. The molecule has 1 amide bonds. The fraction of sp³-hybridized carbons (Fsp3) is 0. The first-order chi connectivity index (χ1) is 10.8. The van der Waals surface area contributed by atoms with Gasteiger partial charge in [-0.15, -0.1) is 0 Å². The number of carbonyl (C=O) groups excluding carboxylic acids is 1. The molecule has 0 saturated heterocycles. The van der Waals surface area contributed by atoms with Crippen molar-refractivity contribution < 1.29 is 9.21 Å². The predicted molar refractivity (Wildman–Crippen MR) is 87.6 cm³/mol. The van der Waals surface area contributed by atoms with Crippen LogP contribution in [0.25, 0.3) is 17.0 Å². The van der Waals surface area contributed by atoms with Crippen LogP contribution in [0.3, 0.4) is 0 Å². The summed E-state index contributed by atoms with van der Waals surface area (Å²) in [5.74, 6) is -0.133. The third kappa shape index (κ3) is 3.30. The van der Waals surface area contributed by atoms with E-state index in [1.165, 1.54) is 6.21 Å². The van der Waals surface area contributed by atoms with E-state index in [0.717, 1.165) is 10.9 Å². The summed E-state index contributed by atoms with van der Waals surface area (Å²) in [7, 11) is 0. The van der Waals surface area contributed by atoms with Crippen molar-refractivity contribution in [3.8, 4) is 0 Å². The summed E-state index contributed by atoms with van der Waals surface area (Å²) in [5, 5.41) is 4.75. The van der Waals surface area contributed by atoms with Crippen LogP contribution in [-0.4, -0.2) is 12.1 Å². The summed E-state index contributed by atoms with van der Waals surface area (Å²) in [6.45, 7) is 0. The Bertz CT molecular complexity index is 799. The van der Waals surface area contributed by atoms with Crippen LogP contribution in [0, 0.1) is 0 Å². The number of hydrogen-bond donors (Lipinski definition) is 1. The summed E-state index contributed by atoms with van der Waals surface area (Å²) in [4.78, 5) is 11.9. The number of furan rings is 1. The second-order valence-corrected chi connectivity index (χ2v) is 4.64. The van der Waals surface area contributed by atoms with E-state index < -0.39 is 0 Å². The zero-order chi connectivity index (χ0) is 15.2. The van der Waals surface area contributed by atoms with Crippen molar-refractivity contribution in [2.45, 2.75) is 0 Å². The summed E-state index contributed by atoms with van der Waals surface area (Å²) in [6, 6.07) is 19.0. The largest absolute Gasteiger partial charge is 0.451 e. The zero-order valence-electron chi connectivity index (χ0n) is 11.8. The molecule has 1 aromatic heterocycles. The smallest absolute Gasteiger partial charge is 0.307 e. The molecule has 0 spiro atoms. The molecule has 4 nitrogen and oxygen atoms in total. The second kappa shape index (κ2) is 6.54. The van der Waals surface area contributed by atoms with E-state index in [1.54, 1.807) is 12.1 Å². The fourth-order valence-corrected chi connectivity index (χ4v) is 2.01. The highest BCUT2D eigenvalue weighted by Crippen LogP contribution is 2.18. The number of hydrazone groups is 1. The summed E-state index contributed by atoms with van der Waals surface area (Å²) >= 11 is 0. The molecule has 0 saturated carbocycles. The van der Waals surface area contributed by atoms with Crippen molar-refractivity contribution in [1.82, 2.24) is 5.43 Å². The number of benzene rings is 2. The number of hydrogen-bond acceptors (Lipinski definition) is 3. The van der Waals surface area contributed by atoms with Gasteiger partial charge in [0.15, 0.2) is 5.76 Å². The van der Waals surface area contributed by atoms with Crippen LogP contribution in [0.4, 0.5) is 0 Å². The molecule has 2 aromatic carbocycles. The minimum absolute atomic E-state index is 0.241. The molecule has 0 radical (unpaired) electrons. The highest BCUT2D eigenvalue weighted by atomic mass is 16.3. The molecular formula is C18H14N2O2. The molecule has 1 N–H and O–H groups in total. The summed E-state index contributed by atoms with van der Waals surface area (Å²) < 4.78 is 5.45. The van der Waals surface area contributed by atoms with Crippen molar-refractivity contribution in [1.29, 1.82) is 0 Å². The second-order valence-electron chi connectivity index (χ2n) is 4.64. The molecule has 3 rings (SSSR count). The average molecular weight is 290 g/mol. The first kappa shape index (κ1) is 13.8. The highest BCUT2D eigenvalue weighted by molar-refractivity contribution is 5.96. The maximum Gasteiger partial charge on any atom is 0.307 e. The summed E-state index contributed by atoms with van der Waals surface area (Å²) in [6.07, 6.45) is 5.18. The molecule has 108 valence electrons. The zero-order valence-corrected chi connectivity index (χ0v) is 11.8. The van der Waals surface area contributed by atoms with Crippen LogP contribution < -0.4 is 5.43 Å². The molecule has 1 heterocycles. The third-order valence-electron chi connectivity index (χ3n) is 3.06. The molecule has 0 unspecified atom stereocenters. The average Bonchev–Trinajstić information content (AvgIpc) is 2.99. The topological polar surface area (TPSA) is 54.6 Å². The van der Waals surface area contributed by atoms with Crippen molar-refractivity contribution in [2.24, 2.45) is 5.10 Å². The minimum atomic E-state index is -0.374. The maximum absolute atomic E-state index is 11.9. The van der Waals surface area contributed by atoms with Gasteiger partial charge in [-0.2, -0.15) is 5.10 Å². The van der Waals surface area contributed by atoms with Crippen LogP contribution in [0.1, 0.15) is 16.1 Å². The molecule has 0 aliphatic rings. The Hall–Kier alpha value is -3.14. The lowest BCUT2D eigenvalue weighted by Gasteiger charge is -1.93. The maximum atomic E-state index is 11.9. The Balaban J connectivity index is 1.60. The Labute approximate surface area is 127 Å². The van der Waals surface area contributed by atoms with Crippen LogP contribution in [0.5, 0.6) is 0 Å². The number of amides is 1. The SMILES string of the molecule is O=C(N/N=C/C=C/c1ccccc1)c1cc2ccccc2o1. The van der Waals surface area contributed by atoms with Crippen molar-refractivity contribution in [3.63, 3.8) is 0 Å². The van der Waals surface area contributed by atoms with Gasteiger partial charge in [0.1, 0.15) is 5.58 Å². The standard InChI is InChI=1S/C18H14N2O2/c21-18(17-13-15-10-4-5-11-16(15)22-17)20-19-12-6-9-14-7-2-1-3-8-14/h1-13H,(H,20,21)/b9-6+,19-12+. The van der Waals surface area contributed by atoms with Gasteiger partial charge in [0.25, 0.3) is 0 Å². The molecule has 0 fully saturated rings. The minimum Gasteiger partial charge on any atom is -0.451 e. The van der Waals surface area contributed by atoms with Gasteiger partial charge >= 0.3 is 5.91 Å². The van der Waals surface area contributed by atoms with E-state index in [1.807, 2.05) is 60.7 Å². The van der Waals surface area contributed by atoms with Crippen LogP contribution in [0.15, 0.2) is 76.3 Å². The van der Waals surface area contributed by atoms with E-state index in [9.17, 15) is 4.79 Å². The van der Waals surface area contributed by atoms with Crippen molar-refractivity contribution in [2.75, 3.05) is 0 Å². The lowest BCUT2D eigenvalue weighted by Crippen LogP contribution is -2.16. The van der Waals surface area contributed by atoms with Gasteiger partial charge in [-0.3, -0.25) is 4.79 Å². The van der Waals surface area contributed by atoms with E-state index in [-0.39, 0.29) is 11.7 Å². The number of rotatable bonds is 4. The fourth-order valence-electron chi connectivity index (χ4n) is 2.01. The van der Waals surface area contributed by atoms with E-state index in [2.05, 4.69) is 10.5 Å².